The van der Waals surface area contributed by atoms with E-state index in [1.807, 2.05) is 30.3 Å². The van der Waals surface area contributed by atoms with E-state index in [1.54, 1.807) is 14.2 Å². The fourth-order valence-electron chi connectivity index (χ4n) is 4.84. The predicted octanol–water partition coefficient (Wildman–Crippen LogP) is 6.11. The molecule has 3 aromatic rings. The lowest BCUT2D eigenvalue weighted by molar-refractivity contribution is 0.306. The zero-order valence-corrected chi connectivity index (χ0v) is 17.9. The van der Waals surface area contributed by atoms with Gasteiger partial charge in [-0.15, -0.1) is 0 Å². The van der Waals surface area contributed by atoms with Crippen molar-refractivity contribution < 1.29 is 14.2 Å². The van der Waals surface area contributed by atoms with Gasteiger partial charge in [-0.25, -0.2) is 0 Å². The number of nitrogens with one attached hydrogen (secondary N) is 1. The number of allylic oxidation sites excluding steroid dienone is 2. The van der Waals surface area contributed by atoms with Crippen molar-refractivity contribution in [2.24, 2.45) is 5.92 Å². The topological polar surface area (TPSA) is 39.7 Å². The van der Waals surface area contributed by atoms with Crippen LogP contribution in [0.15, 0.2) is 78.9 Å². The Labute approximate surface area is 183 Å². The minimum Gasteiger partial charge on any atom is -0.496 e. The van der Waals surface area contributed by atoms with Crippen molar-refractivity contribution in [3.63, 3.8) is 0 Å². The molecule has 4 heteroatoms. The Balaban J connectivity index is 1.41. The second kappa shape index (κ2) is 8.38. The lowest BCUT2D eigenvalue weighted by atomic mass is 9.76. The van der Waals surface area contributed by atoms with Crippen LogP contribution in [0.4, 0.5) is 5.69 Å². The van der Waals surface area contributed by atoms with E-state index >= 15 is 0 Å². The van der Waals surface area contributed by atoms with Crippen molar-refractivity contribution in [2.75, 3.05) is 19.5 Å². The number of rotatable bonds is 6. The molecule has 1 N–H and O–H groups in total. The van der Waals surface area contributed by atoms with Crippen LogP contribution >= 0.6 is 0 Å². The van der Waals surface area contributed by atoms with Gasteiger partial charge in [0.25, 0.3) is 0 Å². The van der Waals surface area contributed by atoms with Crippen LogP contribution in [0.1, 0.15) is 35.1 Å². The molecule has 0 radical (unpaired) electrons. The van der Waals surface area contributed by atoms with Gasteiger partial charge >= 0.3 is 0 Å². The Morgan fingerprint density at radius 1 is 0.871 bits per heavy atom. The molecule has 0 spiro atoms. The summed E-state index contributed by atoms with van der Waals surface area (Å²) in [6, 6.07) is 22.9. The van der Waals surface area contributed by atoms with Crippen molar-refractivity contribution in [3.8, 4) is 17.2 Å². The van der Waals surface area contributed by atoms with E-state index in [-0.39, 0.29) is 6.04 Å². The first-order chi connectivity index (χ1) is 15.3. The second-order valence-corrected chi connectivity index (χ2v) is 8.08. The van der Waals surface area contributed by atoms with Gasteiger partial charge in [-0.1, -0.05) is 54.6 Å². The minimum absolute atomic E-state index is 0.191. The quantitative estimate of drug-likeness (QED) is 0.495. The van der Waals surface area contributed by atoms with Crippen molar-refractivity contribution >= 4 is 5.69 Å². The number of fused-ring (bicyclic) bond motifs is 3. The SMILES string of the molecule is COc1ccc(OC)c2c1NC(c1ccc(OCc3ccccc3)cc1)C1CC=CC21. The predicted molar refractivity (Wildman–Crippen MR) is 123 cm³/mol. The Morgan fingerprint density at radius 3 is 2.35 bits per heavy atom. The largest absolute Gasteiger partial charge is 0.496 e. The van der Waals surface area contributed by atoms with E-state index in [1.165, 1.54) is 11.1 Å². The third-order valence-corrected chi connectivity index (χ3v) is 6.37. The normalized spacial score (nSPS) is 21.0. The smallest absolute Gasteiger partial charge is 0.142 e. The molecule has 3 aromatic carbocycles. The first kappa shape index (κ1) is 19.6. The van der Waals surface area contributed by atoms with Crippen molar-refractivity contribution in [1.82, 2.24) is 0 Å². The molecule has 2 aliphatic rings. The second-order valence-electron chi connectivity index (χ2n) is 8.08. The number of methoxy groups -OCH3 is 2. The fourth-order valence-corrected chi connectivity index (χ4v) is 4.84. The monoisotopic (exact) mass is 413 g/mol. The molecule has 0 aromatic heterocycles. The van der Waals surface area contributed by atoms with Crippen LogP contribution in [-0.2, 0) is 6.61 Å². The molecule has 4 nitrogen and oxygen atoms in total. The van der Waals surface area contributed by atoms with Crippen LogP contribution in [0.25, 0.3) is 0 Å². The van der Waals surface area contributed by atoms with E-state index in [0.29, 0.717) is 18.4 Å². The van der Waals surface area contributed by atoms with Crippen LogP contribution in [0, 0.1) is 5.92 Å². The summed E-state index contributed by atoms with van der Waals surface area (Å²) >= 11 is 0. The Kier molecular flexibility index (Phi) is 5.29. The Hall–Kier alpha value is -3.40. The van der Waals surface area contributed by atoms with Gasteiger partial charge in [0.15, 0.2) is 0 Å². The van der Waals surface area contributed by atoms with Crippen molar-refractivity contribution in [2.45, 2.75) is 25.0 Å². The molecule has 1 aliphatic carbocycles. The zero-order chi connectivity index (χ0) is 21.2. The van der Waals surface area contributed by atoms with Crippen LogP contribution < -0.4 is 19.5 Å². The minimum atomic E-state index is 0.191. The molecule has 1 aliphatic heterocycles. The molecule has 0 bridgehead atoms. The van der Waals surface area contributed by atoms with Gasteiger partial charge in [-0.05, 0) is 47.7 Å². The highest BCUT2D eigenvalue weighted by Gasteiger charge is 2.40. The summed E-state index contributed by atoms with van der Waals surface area (Å²) in [4.78, 5) is 0. The number of hydrogen-bond acceptors (Lipinski definition) is 4. The van der Waals surface area contributed by atoms with Crippen LogP contribution in [0.5, 0.6) is 17.2 Å². The zero-order valence-electron chi connectivity index (χ0n) is 17.9. The summed E-state index contributed by atoms with van der Waals surface area (Å²) in [6.07, 6.45) is 5.64. The maximum absolute atomic E-state index is 5.97. The van der Waals surface area contributed by atoms with Crippen LogP contribution in [-0.4, -0.2) is 14.2 Å². The van der Waals surface area contributed by atoms with Crippen LogP contribution in [0.2, 0.25) is 0 Å². The number of hydrogen-bond donors (Lipinski definition) is 1. The van der Waals surface area contributed by atoms with Gasteiger partial charge < -0.3 is 19.5 Å². The molecule has 158 valence electrons. The molecule has 0 saturated heterocycles. The molecule has 1 heterocycles. The van der Waals surface area contributed by atoms with Crippen LogP contribution in [0.3, 0.4) is 0 Å². The van der Waals surface area contributed by atoms with Gasteiger partial charge in [0.2, 0.25) is 0 Å². The molecule has 3 atom stereocenters. The fraction of sp³-hybridized carbons (Fsp3) is 0.259. The standard InChI is InChI=1S/C27H27NO3/c1-29-23-15-16-24(30-2)27-25(23)21-9-6-10-22(21)26(28-27)19-11-13-20(14-12-19)31-17-18-7-4-3-5-8-18/h3-9,11-16,21-22,26,28H,10,17H2,1-2H3. The van der Waals surface area contributed by atoms with E-state index in [2.05, 4.69) is 53.9 Å². The highest BCUT2D eigenvalue weighted by molar-refractivity contribution is 5.71. The van der Waals surface area contributed by atoms with Gasteiger partial charge in [-0.2, -0.15) is 0 Å². The molecule has 0 fully saturated rings. The van der Waals surface area contributed by atoms with E-state index in [0.717, 1.165) is 34.9 Å². The summed E-state index contributed by atoms with van der Waals surface area (Å²) in [5.74, 6) is 3.38. The van der Waals surface area contributed by atoms with Gasteiger partial charge in [0.1, 0.15) is 23.9 Å². The van der Waals surface area contributed by atoms with Gasteiger partial charge in [0, 0.05) is 11.5 Å². The highest BCUT2D eigenvalue weighted by Crippen LogP contribution is 2.55. The molecular formula is C27H27NO3. The van der Waals surface area contributed by atoms with Gasteiger partial charge in [0.05, 0.1) is 25.9 Å². The van der Waals surface area contributed by atoms with Crippen molar-refractivity contribution in [1.29, 1.82) is 0 Å². The lowest BCUT2D eigenvalue weighted by Gasteiger charge is -2.38. The molecule has 31 heavy (non-hydrogen) atoms. The van der Waals surface area contributed by atoms with Gasteiger partial charge in [-0.3, -0.25) is 0 Å². The molecule has 3 unspecified atom stereocenters. The first-order valence-corrected chi connectivity index (χ1v) is 10.7. The molecule has 5 rings (SSSR count). The van der Waals surface area contributed by atoms with E-state index < -0.39 is 0 Å². The maximum Gasteiger partial charge on any atom is 0.142 e. The molecule has 0 saturated carbocycles. The number of ether oxygens (including phenoxy) is 3. The summed E-state index contributed by atoms with van der Waals surface area (Å²) in [5, 5.41) is 3.77. The summed E-state index contributed by atoms with van der Waals surface area (Å²) < 4.78 is 17.3. The summed E-state index contributed by atoms with van der Waals surface area (Å²) in [5.41, 5.74) is 4.64. The Bertz CT molecular complexity index is 1080. The summed E-state index contributed by atoms with van der Waals surface area (Å²) in [7, 11) is 3.45. The van der Waals surface area contributed by atoms with Crippen molar-refractivity contribution in [3.05, 3.63) is 95.6 Å². The van der Waals surface area contributed by atoms with E-state index in [9.17, 15) is 0 Å². The third-order valence-electron chi connectivity index (χ3n) is 6.37. The van der Waals surface area contributed by atoms with E-state index in [4.69, 9.17) is 14.2 Å². The summed E-state index contributed by atoms with van der Waals surface area (Å²) in [6.45, 7) is 0.570. The highest BCUT2D eigenvalue weighted by atomic mass is 16.5. The number of benzene rings is 3. The lowest BCUT2D eigenvalue weighted by Crippen LogP contribution is -2.29. The third kappa shape index (κ3) is 3.63. The maximum atomic E-state index is 5.97. The molecule has 0 amide bonds. The Morgan fingerprint density at radius 2 is 1.61 bits per heavy atom. The first-order valence-electron chi connectivity index (χ1n) is 10.7. The molecular weight excluding hydrogens is 386 g/mol. The average Bonchev–Trinajstić information content (AvgIpc) is 3.32. The average molecular weight is 414 g/mol. The number of anilines is 1.